The summed E-state index contributed by atoms with van der Waals surface area (Å²) in [5.74, 6) is -0.263. The van der Waals surface area contributed by atoms with Gasteiger partial charge in [0.05, 0.1) is 6.10 Å². The van der Waals surface area contributed by atoms with Crippen LogP contribution in [-0.4, -0.2) is 18.6 Å². The number of esters is 1. The molecule has 0 unspecified atom stereocenters. The van der Waals surface area contributed by atoms with Gasteiger partial charge in [-0.05, 0) is 19.4 Å². The summed E-state index contributed by atoms with van der Waals surface area (Å²) >= 11 is 0. The van der Waals surface area contributed by atoms with E-state index in [4.69, 9.17) is 4.74 Å². The highest BCUT2D eigenvalue weighted by atomic mass is 16.5. The van der Waals surface area contributed by atoms with Gasteiger partial charge in [0, 0.05) is 6.54 Å². The van der Waals surface area contributed by atoms with Crippen LogP contribution in [0.4, 0.5) is 0 Å². The smallest absolute Gasteiger partial charge is 0.321 e. The minimum Gasteiger partial charge on any atom is -0.462 e. The molecular weight excluding hydrogens is 190 g/mol. The van der Waals surface area contributed by atoms with Crippen LogP contribution < -0.4 is 5.32 Å². The molecule has 0 bridgehead atoms. The average Bonchev–Trinajstić information content (AvgIpc) is 2.18. The Balaban J connectivity index is 2.19. The van der Waals surface area contributed by atoms with E-state index in [2.05, 4.69) is 5.32 Å². The highest BCUT2D eigenvalue weighted by molar-refractivity contribution is 5.71. The second-order valence-electron chi connectivity index (χ2n) is 3.56. The molecule has 0 aliphatic heterocycles. The standard InChI is InChI=1S/C12H16NO2/c1-10(2)15-12(14)9-13-8-11-6-4-3-5-7-11/h3-7,10H,8-9H2,1-2H3. The van der Waals surface area contributed by atoms with Crippen molar-refractivity contribution in [1.82, 2.24) is 5.32 Å². The number of ether oxygens (including phenoxy) is 1. The molecule has 0 heterocycles. The summed E-state index contributed by atoms with van der Waals surface area (Å²) in [5.41, 5.74) is 1.11. The molecule has 0 saturated carbocycles. The Bertz CT molecular complexity index is 296. The fraction of sp³-hybridized carbons (Fsp3) is 0.417. The maximum Gasteiger partial charge on any atom is 0.321 e. The van der Waals surface area contributed by atoms with Gasteiger partial charge in [-0.2, -0.15) is 0 Å². The van der Waals surface area contributed by atoms with E-state index in [1.54, 1.807) is 0 Å². The number of rotatable bonds is 5. The Morgan fingerprint density at radius 2 is 2.00 bits per heavy atom. The minimum atomic E-state index is -0.263. The van der Waals surface area contributed by atoms with Crippen molar-refractivity contribution in [3.63, 3.8) is 0 Å². The molecule has 15 heavy (non-hydrogen) atoms. The largest absolute Gasteiger partial charge is 0.462 e. The normalized spacial score (nSPS) is 10.3. The molecule has 1 aromatic rings. The first kappa shape index (κ1) is 11.7. The molecule has 0 fully saturated rings. The summed E-state index contributed by atoms with van der Waals surface area (Å²) in [6.07, 6.45) is -0.0653. The zero-order chi connectivity index (χ0) is 11.1. The van der Waals surface area contributed by atoms with Crippen molar-refractivity contribution in [3.05, 3.63) is 35.9 Å². The van der Waals surface area contributed by atoms with Crippen molar-refractivity contribution >= 4 is 5.97 Å². The van der Waals surface area contributed by atoms with Gasteiger partial charge >= 0.3 is 5.97 Å². The summed E-state index contributed by atoms with van der Waals surface area (Å²) in [4.78, 5) is 11.1. The molecule has 1 radical (unpaired) electrons. The maximum atomic E-state index is 11.1. The van der Waals surface area contributed by atoms with Crippen LogP contribution in [0.1, 0.15) is 19.4 Å². The van der Waals surface area contributed by atoms with E-state index in [0.717, 1.165) is 5.56 Å². The fourth-order valence-electron chi connectivity index (χ4n) is 1.16. The summed E-state index contributed by atoms with van der Waals surface area (Å²) in [6.45, 7) is 4.35. The number of nitrogens with zero attached hydrogens (tertiary/aromatic N) is 1. The molecule has 0 aromatic heterocycles. The van der Waals surface area contributed by atoms with Gasteiger partial charge in [0.25, 0.3) is 0 Å². The molecule has 0 N–H and O–H groups in total. The van der Waals surface area contributed by atoms with Crippen LogP contribution in [0.15, 0.2) is 30.3 Å². The van der Waals surface area contributed by atoms with E-state index in [0.29, 0.717) is 6.54 Å². The molecule has 0 spiro atoms. The third-order valence-electron chi connectivity index (χ3n) is 1.75. The summed E-state index contributed by atoms with van der Waals surface area (Å²) in [7, 11) is 0. The topological polar surface area (TPSA) is 40.4 Å². The van der Waals surface area contributed by atoms with Crippen LogP contribution in [-0.2, 0) is 16.1 Å². The van der Waals surface area contributed by atoms with E-state index in [-0.39, 0.29) is 18.6 Å². The molecular formula is C12H16NO2. The van der Waals surface area contributed by atoms with Crippen LogP contribution in [0, 0.1) is 0 Å². The molecule has 0 amide bonds. The Morgan fingerprint density at radius 3 is 2.60 bits per heavy atom. The van der Waals surface area contributed by atoms with Crippen molar-refractivity contribution < 1.29 is 9.53 Å². The Kier molecular flexibility index (Phi) is 4.84. The molecule has 81 valence electrons. The van der Waals surface area contributed by atoms with E-state index < -0.39 is 0 Å². The monoisotopic (exact) mass is 206 g/mol. The van der Waals surface area contributed by atoms with Crippen LogP contribution in [0.25, 0.3) is 0 Å². The highest BCUT2D eigenvalue weighted by Crippen LogP contribution is 1.98. The number of hydrogen-bond acceptors (Lipinski definition) is 2. The average molecular weight is 206 g/mol. The first-order valence-corrected chi connectivity index (χ1v) is 5.05. The lowest BCUT2D eigenvalue weighted by Crippen LogP contribution is -2.21. The second kappa shape index (κ2) is 6.19. The van der Waals surface area contributed by atoms with Crippen molar-refractivity contribution in [2.75, 3.05) is 6.54 Å². The van der Waals surface area contributed by atoms with Gasteiger partial charge in [-0.15, -0.1) is 0 Å². The molecule has 1 aromatic carbocycles. The van der Waals surface area contributed by atoms with Gasteiger partial charge < -0.3 is 4.74 Å². The highest BCUT2D eigenvalue weighted by Gasteiger charge is 2.04. The zero-order valence-corrected chi connectivity index (χ0v) is 9.14. The number of carbonyl (C=O) groups excluding carboxylic acids is 1. The van der Waals surface area contributed by atoms with Crippen molar-refractivity contribution in [2.24, 2.45) is 0 Å². The zero-order valence-electron chi connectivity index (χ0n) is 9.14. The van der Waals surface area contributed by atoms with Gasteiger partial charge in [-0.25, -0.2) is 5.32 Å². The third-order valence-corrected chi connectivity index (χ3v) is 1.75. The molecule has 3 heteroatoms. The molecule has 0 aliphatic rings. The summed E-state index contributed by atoms with van der Waals surface area (Å²) < 4.78 is 4.96. The van der Waals surface area contributed by atoms with Gasteiger partial charge in [0.2, 0.25) is 0 Å². The van der Waals surface area contributed by atoms with E-state index in [1.165, 1.54) is 0 Å². The Hall–Kier alpha value is -1.35. The molecule has 1 rings (SSSR count). The SMILES string of the molecule is CC(C)OC(=O)C[N]Cc1ccccc1. The van der Waals surface area contributed by atoms with E-state index in [9.17, 15) is 4.79 Å². The molecule has 0 saturated heterocycles. The fourth-order valence-corrected chi connectivity index (χ4v) is 1.16. The predicted molar refractivity (Wildman–Crippen MR) is 58.4 cm³/mol. The molecule has 0 atom stereocenters. The van der Waals surface area contributed by atoms with Gasteiger partial charge in [-0.3, -0.25) is 4.79 Å². The van der Waals surface area contributed by atoms with Crippen molar-refractivity contribution in [2.45, 2.75) is 26.5 Å². The minimum absolute atomic E-state index is 0.0653. The van der Waals surface area contributed by atoms with Crippen LogP contribution in [0.3, 0.4) is 0 Å². The quantitative estimate of drug-likeness (QED) is 0.688. The van der Waals surface area contributed by atoms with Crippen LogP contribution >= 0.6 is 0 Å². The lowest BCUT2D eigenvalue weighted by molar-refractivity contribution is -0.146. The van der Waals surface area contributed by atoms with E-state index in [1.807, 2.05) is 44.2 Å². The summed E-state index contributed by atoms with van der Waals surface area (Å²) in [5, 5.41) is 4.12. The van der Waals surface area contributed by atoms with Crippen LogP contribution in [0.2, 0.25) is 0 Å². The molecule has 0 aliphatic carbocycles. The second-order valence-corrected chi connectivity index (χ2v) is 3.56. The van der Waals surface area contributed by atoms with Gasteiger partial charge in [0.1, 0.15) is 6.54 Å². The Morgan fingerprint density at radius 1 is 1.33 bits per heavy atom. The lowest BCUT2D eigenvalue weighted by atomic mass is 10.2. The maximum absolute atomic E-state index is 11.1. The van der Waals surface area contributed by atoms with E-state index >= 15 is 0 Å². The number of carbonyl (C=O) groups is 1. The first-order valence-electron chi connectivity index (χ1n) is 5.05. The van der Waals surface area contributed by atoms with Crippen molar-refractivity contribution in [3.8, 4) is 0 Å². The molecule has 3 nitrogen and oxygen atoms in total. The van der Waals surface area contributed by atoms with Gasteiger partial charge in [-0.1, -0.05) is 30.3 Å². The van der Waals surface area contributed by atoms with Crippen molar-refractivity contribution in [1.29, 1.82) is 0 Å². The lowest BCUT2D eigenvalue weighted by Gasteiger charge is -2.07. The third kappa shape index (κ3) is 5.18. The first-order chi connectivity index (χ1) is 7.18. The summed E-state index contributed by atoms with van der Waals surface area (Å²) in [6, 6.07) is 9.83. The van der Waals surface area contributed by atoms with Gasteiger partial charge in [0.15, 0.2) is 0 Å². The van der Waals surface area contributed by atoms with Crippen LogP contribution in [0.5, 0.6) is 0 Å². The number of hydrogen-bond donors (Lipinski definition) is 0. The predicted octanol–water partition coefficient (Wildman–Crippen LogP) is 1.74. The Labute approximate surface area is 90.4 Å². The number of benzene rings is 1.